The third-order valence-electron chi connectivity index (χ3n) is 7.22. The van der Waals surface area contributed by atoms with Crippen molar-refractivity contribution in [3.8, 4) is 0 Å². The molecule has 2 aliphatic rings. The number of carbonyl (C=O) groups excluding carboxylic acids is 2. The first-order valence-electron chi connectivity index (χ1n) is 15.3. The maximum Gasteiger partial charge on any atom is 0.324 e. The summed E-state index contributed by atoms with van der Waals surface area (Å²) in [6, 6.07) is 18.9. The number of hydrogen-bond acceptors (Lipinski definition) is 11. The number of aryl methyl sites for hydroxylation is 2. The van der Waals surface area contributed by atoms with Crippen molar-refractivity contribution in [3.05, 3.63) is 106 Å². The van der Waals surface area contributed by atoms with E-state index in [0.29, 0.717) is 40.5 Å². The lowest BCUT2D eigenvalue weighted by atomic mass is 10.1. The monoisotopic (exact) mass is 704 g/mol. The van der Waals surface area contributed by atoms with Crippen LogP contribution in [-0.4, -0.2) is 64.2 Å². The molecular formula is C33H34Cl2N10O4. The molecule has 0 spiro atoms. The van der Waals surface area contributed by atoms with E-state index in [1.807, 2.05) is 48.5 Å². The summed E-state index contributed by atoms with van der Waals surface area (Å²) in [6.07, 6.45) is 7.70. The number of hydrogen-bond donors (Lipinski definition) is 5. The number of benzene rings is 2. The normalized spacial score (nSPS) is 16.2. The first-order valence-corrected chi connectivity index (χ1v) is 16.0. The number of nitrogens with one attached hydrogen (secondary N) is 3. The van der Waals surface area contributed by atoms with E-state index in [-0.39, 0.29) is 41.9 Å². The second-order valence-electron chi connectivity index (χ2n) is 11.0. The Morgan fingerprint density at radius 2 is 1.18 bits per heavy atom. The number of nitrogens with two attached hydrogens (primary N) is 2. The van der Waals surface area contributed by atoms with Gasteiger partial charge in [0.2, 0.25) is 5.82 Å². The summed E-state index contributed by atoms with van der Waals surface area (Å²) in [4.78, 5) is 44.1. The first kappa shape index (κ1) is 34.9. The lowest BCUT2D eigenvalue weighted by molar-refractivity contribution is 0.101. The van der Waals surface area contributed by atoms with Gasteiger partial charge in [0.15, 0.2) is 0 Å². The Morgan fingerprint density at radius 3 is 1.65 bits per heavy atom. The zero-order chi connectivity index (χ0) is 34.6. The SMILES string of the molecule is NC1=N[C@@H](CCc2ccc(NC(=O)Nc3ccc(Cl)cn3)cc2)CO1.NC1=N[C@@H](CCc2ccc(NC(=O)c3ncc(Cl)cn3)cc2)CO1. The highest BCUT2D eigenvalue weighted by molar-refractivity contribution is 6.30. The zero-order valence-corrected chi connectivity index (χ0v) is 27.7. The van der Waals surface area contributed by atoms with E-state index >= 15 is 0 Å². The molecule has 7 N–H and O–H groups in total. The Hall–Kier alpha value is -5.47. The van der Waals surface area contributed by atoms with Gasteiger partial charge in [0.05, 0.1) is 22.1 Å². The van der Waals surface area contributed by atoms with Gasteiger partial charge in [-0.2, -0.15) is 0 Å². The number of aliphatic imine (C=N–C) groups is 2. The van der Waals surface area contributed by atoms with E-state index in [0.717, 1.165) is 36.8 Å². The van der Waals surface area contributed by atoms with Crippen molar-refractivity contribution in [3.63, 3.8) is 0 Å². The predicted molar refractivity (Wildman–Crippen MR) is 189 cm³/mol. The van der Waals surface area contributed by atoms with Crippen molar-refractivity contribution >= 4 is 64.4 Å². The number of anilines is 3. The number of aromatic nitrogens is 3. The van der Waals surface area contributed by atoms with E-state index in [1.165, 1.54) is 18.6 Å². The third kappa shape index (κ3) is 11.3. The Labute approximate surface area is 292 Å². The number of pyridine rings is 1. The van der Waals surface area contributed by atoms with Crippen molar-refractivity contribution in [1.82, 2.24) is 15.0 Å². The molecule has 0 bridgehead atoms. The van der Waals surface area contributed by atoms with Gasteiger partial charge in [-0.3, -0.25) is 10.1 Å². The smallest absolute Gasteiger partial charge is 0.324 e. The minimum absolute atomic E-state index is 0.0696. The highest BCUT2D eigenvalue weighted by Crippen LogP contribution is 2.17. The average Bonchev–Trinajstić information content (AvgIpc) is 3.72. The maximum atomic E-state index is 12.0. The molecule has 254 valence electrons. The highest BCUT2D eigenvalue weighted by Gasteiger charge is 2.17. The Kier molecular flexibility index (Phi) is 12.2. The maximum absolute atomic E-state index is 12.0. The Bertz CT molecular complexity index is 1770. The zero-order valence-electron chi connectivity index (χ0n) is 26.2. The molecule has 2 aromatic heterocycles. The van der Waals surface area contributed by atoms with Gasteiger partial charge < -0.3 is 31.6 Å². The molecule has 0 unspecified atom stereocenters. The van der Waals surface area contributed by atoms with Crippen LogP contribution in [0, 0.1) is 0 Å². The molecule has 4 heterocycles. The topological polar surface area (TPSA) is 204 Å². The van der Waals surface area contributed by atoms with Crippen molar-refractivity contribution in [2.45, 2.75) is 37.8 Å². The number of amidine groups is 2. The van der Waals surface area contributed by atoms with E-state index in [9.17, 15) is 9.59 Å². The minimum Gasteiger partial charge on any atom is -0.463 e. The molecule has 0 radical (unpaired) electrons. The van der Waals surface area contributed by atoms with Crippen LogP contribution in [0.25, 0.3) is 0 Å². The van der Waals surface area contributed by atoms with Crippen LogP contribution in [0.1, 0.15) is 34.6 Å². The molecule has 2 aromatic carbocycles. The van der Waals surface area contributed by atoms with E-state index in [1.54, 1.807) is 12.1 Å². The van der Waals surface area contributed by atoms with Gasteiger partial charge in [0.25, 0.3) is 18.0 Å². The van der Waals surface area contributed by atoms with Crippen LogP contribution < -0.4 is 27.4 Å². The largest absolute Gasteiger partial charge is 0.463 e. The number of rotatable bonds is 10. The predicted octanol–water partition coefficient (Wildman–Crippen LogP) is 5.05. The summed E-state index contributed by atoms with van der Waals surface area (Å²) >= 11 is 11.5. The van der Waals surface area contributed by atoms with Gasteiger partial charge >= 0.3 is 6.03 Å². The van der Waals surface area contributed by atoms with Crippen LogP contribution in [-0.2, 0) is 22.3 Å². The number of amides is 3. The third-order valence-corrected chi connectivity index (χ3v) is 7.63. The molecule has 16 heteroatoms. The van der Waals surface area contributed by atoms with Gasteiger partial charge in [0, 0.05) is 30.0 Å². The number of urea groups is 1. The second kappa shape index (κ2) is 17.1. The fraction of sp³-hybridized carbons (Fsp3) is 0.242. The Morgan fingerprint density at radius 1 is 0.673 bits per heavy atom. The number of nitrogens with zero attached hydrogens (tertiary/aromatic N) is 5. The number of carbonyl (C=O) groups is 2. The minimum atomic E-state index is -0.382. The molecule has 0 saturated heterocycles. The van der Waals surface area contributed by atoms with Crippen molar-refractivity contribution in [2.24, 2.45) is 21.5 Å². The fourth-order valence-electron chi connectivity index (χ4n) is 4.69. The van der Waals surface area contributed by atoms with Crippen LogP contribution in [0.4, 0.5) is 22.0 Å². The van der Waals surface area contributed by atoms with Crippen LogP contribution in [0.5, 0.6) is 0 Å². The summed E-state index contributed by atoms with van der Waals surface area (Å²) in [7, 11) is 0. The second-order valence-corrected chi connectivity index (χ2v) is 11.8. The molecule has 2 atom stereocenters. The number of ether oxygens (including phenoxy) is 2. The van der Waals surface area contributed by atoms with Crippen molar-refractivity contribution in [2.75, 3.05) is 29.2 Å². The molecule has 0 aliphatic carbocycles. The summed E-state index contributed by atoms with van der Waals surface area (Å²) in [5, 5.41) is 9.03. The van der Waals surface area contributed by atoms with Gasteiger partial charge in [-0.05, 0) is 73.2 Å². The lowest BCUT2D eigenvalue weighted by Gasteiger charge is -2.09. The van der Waals surface area contributed by atoms with Crippen LogP contribution in [0.15, 0.2) is 89.2 Å². The molecule has 49 heavy (non-hydrogen) atoms. The van der Waals surface area contributed by atoms with E-state index < -0.39 is 0 Å². The molecule has 0 saturated carbocycles. The quantitative estimate of drug-likeness (QED) is 0.150. The fourth-order valence-corrected chi connectivity index (χ4v) is 4.90. The molecule has 2 aliphatic heterocycles. The van der Waals surface area contributed by atoms with Gasteiger partial charge in [0.1, 0.15) is 19.0 Å². The van der Waals surface area contributed by atoms with Crippen LogP contribution in [0.2, 0.25) is 10.0 Å². The van der Waals surface area contributed by atoms with Gasteiger partial charge in [-0.15, -0.1) is 0 Å². The molecular weight excluding hydrogens is 671 g/mol. The van der Waals surface area contributed by atoms with E-state index in [4.69, 9.17) is 44.1 Å². The lowest BCUT2D eigenvalue weighted by Crippen LogP contribution is -2.20. The molecule has 0 fully saturated rings. The first-order chi connectivity index (χ1) is 23.7. The standard InChI is InChI=1S/C17H18ClN5O2.C16H16ClN5O2/c18-12-4-8-15(20-9-12)23-17(24)22-13-5-1-11(2-6-13)3-7-14-10-25-16(19)21-14;17-11-7-19-14(20-8-11)15(23)21-12-4-1-10(2-5-12)3-6-13-9-24-16(18)22-13/h1-2,4-6,8-9,14H,3,7,10H2,(H2,19,21)(H2,20,22,23,24);1-2,4-5,7-8,13H,3,6,9H2,(H2,18,22)(H,21,23)/t14-;13-/m00/s1. The summed E-state index contributed by atoms with van der Waals surface area (Å²) in [5.41, 5.74) is 14.7. The number of halogens is 2. The molecule has 4 aromatic rings. The molecule has 6 rings (SSSR count). The average molecular weight is 706 g/mol. The summed E-state index contributed by atoms with van der Waals surface area (Å²) in [6.45, 7) is 1.09. The summed E-state index contributed by atoms with van der Waals surface area (Å²) in [5.74, 6) is 0.115. The van der Waals surface area contributed by atoms with Gasteiger partial charge in [-0.25, -0.2) is 29.7 Å². The Balaban J connectivity index is 0.000000191. The molecule has 14 nitrogen and oxygen atoms in total. The molecule has 3 amide bonds. The summed E-state index contributed by atoms with van der Waals surface area (Å²) < 4.78 is 10.3. The van der Waals surface area contributed by atoms with Crippen LogP contribution in [0.3, 0.4) is 0 Å². The van der Waals surface area contributed by atoms with Crippen LogP contribution >= 0.6 is 23.2 Å². The highest BCUT2D eigenvalue weighted by atomic mass is 35.5. The van der Waals surface area contributed by atoms with Gasteiger partial charge in [-0.1, -0.05) is 47.5 Å². The van der Waals surface area contributed by atoms with Crippen molar-refractivity contribution < 1.29 is 19.1 Å². The van der Waals surface area contributed by atoms with E-state index in [2.05, 4.69) is 40.9 Å². The van der Waals surface area contributed by atoms with Crippen molar-refractivity contribution in [1.29, 1.82) is 0 Å².